The fourth-order valence-electron chi connectivity index (χ4n) is 8.88. The van der Waals surface area contributed by atoms with Crippen molar-refractivity contribution in [1.82, 2.24) is 9.55 Å². The molecule has 0 spiro atoms. The number of rotatable bonds is 7. The first-order valence-electron chi connectivity index (χ1n) is 20.5. The second-order valence-electron chi connectivity index (χ2n) is 14.6. The van der Waals surface area contributed by atoms with Gasteiger partial charge in [0.25, 0.3) is 0 Å². The van der Waals surface area contributed by atoms with E-state index >= 15 is 0 Å². The van der Waals surface area contributed by atoms with Crippen molar-refractivity contribution in [3.8, 4) is 16.9 Å². The van der Waals surface area contributed by atoms with Crippen LogP contribution in [0.5, 0.6) is 0 Å². The number of aromatic nitrogens is 2. The predicted octanol–water partition coefficient (Wildman–Crippen LogP) is 8.98. The average Bonchev–Trinajstić information content (AvgIpc) is 3.82. The van der Waals surface area contributed by atoms with Crippen LogP contribution in [0.1, 0.15) is 15.2 Å². The molecule has 10 rings (SSSR count). The molecular formula is C51H40N4PtSi. The van der Waals surface area contributed by atoms with Crippen LogP contribution in [-0.4, -0.2) is 31.3 Å². The van der Waals surface area contributed by atoms with Crippen LogP contribution < -0.4 is 30.5 Å². The molecule has 57 heavy (non-hydrogen) atoms. The molecule has 0 unspecified atom stereocenters. The van der Waals surface area contributed by atoms with Gasteiger partial charge >= 0.3 is 21.1 Å². The Balaban J connectivity index is 0.00000462. The number of para-hydroxylation sites is 3. The first-order valence-corrected chi connectivity index (χ1v) is 21.0. The molecule has 2 aromatic heterocycles. The van der Waals surface area contributed by atoms with Gasteiger partial charge in [-0.25, -0.2) is 4.98 Å². The van der Waals surface area contributed by atoms with E-state index in [0.29, 0.717) is 5.69 Å². The molecule has 0 bridgehead atoms. The second kappa shape index (κ2) is 14.8. The Hall–Kier alpha value is -6.00. The van der Waals surface area contributed by atoms with Crippen LogP contribution in [0.2, 0.25) is 0 Å². The molecule has 3 heterocycles. The molecule has 0 saturated heterocycles. The minimum atomic E-state index is -3.19. The zero-order valence-electron chi connectivity index (χ0n) is 34.6. The maximum Gasteiger partial charge on any atom is 2.00 e. The van der Waals surface area contributed by atoms with E-state index in [1.165, 1.54) is 32.0 Å². The van der Waals surface area contributed by atoms with Crippen molar-refractivity contribution in [3.63, 3.8) is 0 Å². The van der Waals surface area contributed by atoms with Crippen LogP contribution in [0, 0.1) is 26.0 Å². The summed E-state index contributed by atoms with van der Waals surface area (Å²) in [6.07, 6.45) is 1.91. The molecule has 9 aromatic rings. The molecule has 0 amide bonds. The van der Waals surface area contributed by atoms with Crippen molar-refractivity contribution >= 4 is 67.7 Å². The monoisotopic (exact) mass is 934 g/mol. The van der Waals surface area contributed by atoms with Gasteiger partial charge in [-0.3, -0.25) is 0 Å². The van der Waals surface area contributed by atoms with Crippen LogP contribution in [0.15, 0.2) is 176 Å². The van der Waals surface area contributed by atoms with Gasteiger partial charge in [-0.1, -0.05) is 120 Å². The SMILES string of the molecule is [2H]C([2H])([2H])N1CN(c2[c-]c([Si](c3[c-]c4c(cc3)c3ccccc3n4-c3cc(-c4c(C)cccc4C)ccn3)(c3ccccc3)c3ccccc3)ccc2)c2ccccc21.[Pt+2]. The summed E-state index contributed by atoms with van der Waals surface area (Å²) in [7, 11) is -3.19. The molecule has 1 aliphatic heterocycles. The second-order valence-corrected chi connectivity index (χ2v) is 18.3. The molecule has 278 valence electrons. The Kier molecular flexibility index (Phi) is 8.62. The van der Waals surface area contributed by atoms with E-state index in [9.17, 15) is 0 Å². The smallest absolute Gasteiger partial charge is 0.355 e. The number of hydrogen-bond donors (Lipinski definition) is 0. The van der Waals surface area contributed by atoms with Gasteiger partial charge in [0, 0.05) is 22.8 Å². The van der Waals surface area contributed by atoms with Gasteiger partial charge in [-0.15, -0.1) is 11.5 Å². The van der Waals surface area contributed by atoms with Gasteiger partial charge in [-0.05, 0) is 82.2 Å². The maximum absolute atomic E-state index is 8.37. The van der Waals surface area contributed by atoms with E-state index in [-0.39, 0.29) is 27.7 Å². The summed E-state index contributed by atoms with van der Waals surface area (Å²) >= 11 is 0. The van der Waals surface area contributed by atoms with Crippen molar-refractivity contribution in [2.45, 2.75) is 13.8 Å². The van der Waals surface area contributed by atoms with E-state index in [2.05, 4.69) is 175 Å². The zero-order chi connectivity index (χ0) is 40.3. The molecule has 1 aliphatic rings. The normalized spacial score (nSPS) is 13.5. The summed E-state index contributed by atoms with van der Waals surface area (Å²) in [5.74, 6) is 0.830. The van der Waals surface area contributed by atoms with Crippen molar-refractivity contribution in [2.75, 3.05) is 23.4 Å². The molecule has 0 saturated carbocycles. The van der Waals surface area contributed by atoms with Crippen LogP contribution in [0.3, 0.4) is 0 Å². The zero-order valence-corrected chi connectivity index (χ0v) is 34.8. The van der Waals surface area contributed by atoms with Crippen LogP contribution in [0.4, 0.5) is 17.1 Å². The van der Waals surface area contributed by atoms with E-state index in [1.54, 1.807) is 0 Å². The van der Waals surface area contributed by atoms with Crippen molar-refractivity contribution in [3.05, 3.63) is 199 Å². The number of anilines is 3. The van der Waals surface area contributed by atoms with Gasteiger partial charge in [0.1, 0.15) is 13.9 Å². The molecule has 0 N–H and O–H groups in total. The van der Waals surface area contributed by atoms with Crippen molar-refractivity contribution in [2.24, 2.45) is 0 Å². The van der Waals surface area contributed by atoms with Gasteiger partial charge in [0.05, 0.1) is 18.0 Å². The van der Waals surface area contributed by atoms with Gasteiger partial charge in [-0.2, -0.15) is 46.8 Å². The van der Waals surface area contributed by atoms with Gasteiger partial charge in [0.15, 0.2) is 0 Å². The molecule has 0 atom stereocenters. The Morgan fingerprint density at radius 1 is 0.614 bits per heavy atom. The van der Waals surface area contributed by atoms with Gasteiger partial charge in [0.2, 0.25) is 0 Å². The molecule has 0 radical (unpaired) electrons. The van der Waals surface area contributed by atoms with E-state index in [4.69, 9.17) is 9.10 Å². The number of aryl methyl sites for hydroxylation is 2. The third-order valence-corrected chi connectivity index (χ3v) is 16.0. The molecule has 0 fully saturated rings. The van der Waals surface area contributed by atoms with Gasteiger partial charge < -0.3 is 14.4 Å². The largest absolute Gasteiger partial charge is 2.00 e. The summed E-state index contributed by atoms with van der Waals surface area (Å²) in [5.41, 5.74) is 9.15. The maximum atomic E-state index is 8.37. The number of pyridine rings is 1. The first-order chi connectivity index (χ1) is 28.7. The number of benzene rings is 7. The Labute approximate surface area is 354 Å². The Morgan fingerprint density at radius 2 is 1.26 bits per heavy atom. The quantitative estimate of drug-likeness (QED) is 0.0907. The minimum Gasteiger partial charge on any atom is -0.355 e. The standard InChI is InChI=1S/C51H40N4Si.Pt/c1-36-16-14-17-37(2)51(36)38-30-31-52-50(32-38)55-46-25-11-10-24-44(46)45-29-28-43(34-49(45)55)56(40-19-6-4-7-20-40,41-21-8-5-9-22-41)42-23-15-18-39(33-42)54-35-53(3)47-26-12-13-27-48(47)54;/h4-32H,35H2,1-3H3;/q-2;+2/i3D3;. The molecular weight excluding hydrogens is 892 g/mol. The first kappa shape index (κ1) is 33.2. The summed E-state index contributed by atoms with van der Waals surface area (Å²) in [4.78, 5) is 8.59. The molecule has 4 nitrogen and oxygen atoms in total. The summed E-state index contributed by atoms with van der Waals surface area (Å²) in [6.45, 7) is 2.22. The number of hydrogen-bond acceptors (Lipinski definition) is 3. The summed E-state index contributed by atoms with van der Waals surface area (Å²) in [6, 6.07) is 67.5. The predicted molar refractivity (Wildman–Crippen MR) is 237 cm³/mol. The minimum absolute atomic E-state index is 0. The molecule has 0 aliphatic carbocycles. The summed E-state index contributed by atoms with van der Waals surface area (Å²) in [5, 5.41) is 6.75. The van der Waals surface area contributed by atoms with E-state index < -0.39 is 15.0 Å². The molecule has 6 heteroatoms. The van der Waals surface area contributed by atoms with Crippen LogP contribution in [0.25, 0.3) is 38.8 Å². The third-order valence-electron chi connectivity index (χ3n) is 11.4. The average molecular weight is 935 g/mol. The van der Waals surface area contributed by atoms with E-state index in [0.717, 1.165) is 54.9 Å². The number of nitrogens with zero attached hydrogens (tertiary/aromatic N) is 4. The van der Waals surface area contributed by atoms with Crippen LogP contribution in [-0.2, 0) is 21.1 Å². The van der Waals surface area contributed by atoms with E-state index in [1.807, 2.05) is 36.5 Å². The third kappa shape index (κ3) is 5.96. The summed E-state index contributed by atoms with van der Waals surface area (Å²) < 4.78 is 27.4. The topological polar surface area (TPSA) is 24.3 Å². The van der Waals surface area contributed by atoms with Crippen LogP contribution >= 0.6 is 0 Å². The fraction of sp³-hybridized carbons (Fsp3) is 0.0784. The Morgan fingerprint density at radius 3 is 2.00 bits per heavy atom. The van der Waals surface area contributed by atoms with Crippen molar-refractivity contribution < 1.29 is 25.2 Å². The Bertz CT molecular complexity index is 2960. The van der Waals surface area contributed by atoms with Crippen molar-refractivity contribution in [1.29, 1.82) is 0 Å². The molecule has 7 aromatic carbocycles. The fourth-order valence-corrected chi connectivity index (χ4v) is 13.4. The number of fused-ring (bicyclic) bond motifs is 4.